The van der Waals surface area contributed by atoms with Crippen molar-refractivity contribution in [3.63, 3.8) is 0 Å². The number of rotatable bonds is 49. The molecule has 3 aliphatic rings. The van der Waals surface area contributed by atoms with Gasteiger partial charge in [-0.25, -0.2) is 0 Å². The average molecular weight is 1160 g/mol. The van der Waals surface area contributed by atoms with Gasteiger partial charge in [-0.1, -0.05) is 212 Å². The fourth-order valence-corrected chi connectivity index (χ4v) is 11.3. The van der Waals surface area contributed by atoms with Crippen LogP contribution in [0.2, 0.25) is 0 Å². The van der Waals surface area contributed by atoms with Gasteiger partial charge in [0.2, 0.25) is 5.91 Å². The Morgan fingerprint density at radius 1 is 0.432 bits per heavy atom. The van der Waals surface area contributed by atoms with Crippen molar-refractivity contribution in [3.05, 3.63) is 12.2 Å². The first-order chi connectivity index (χ1) is 39.3. The van der Waals surface area contributed by atoms with E-state index in [9.17, 15) is 61.0 Å². The van der Waals surface area contributed by atoms with Gasteiger partial charge < -0.3 is 89.9 Å². The van der Waals surface area contributed by atoms with Crippen LogP contribution in [-0.2, 0) is 33.2 Å². The fraction of sp³-hybridized carbons (Fsp3) is 0.952. The van der Waals surface area contributed by atoms with Gasteiger partial charge in [0.05, 0.1) is 38.6 Å². The first-order valence-electron chi connectivity index (χ1n) is 32.4. The number of aliphatic hydroxyl groups excluding tert-OH is 11. The first kappa shape index (κ1) is 73.8. The van der Waals surface area contributed by atoms with Crippen molar-refractivity contribution >= 4 is 5.91 Å². The van der Waals surface area contributed by atoms with Gasteiger partial charge in [0.1, 0.15) is 73.2 Å². The van der Waals surface area contributed by atoms with Gasteiger partial charge in [-0.2, -0.15) is 0 Å². The molecule has 19 nitrogen and oxygen atoms in total. The van der Waals surface area contributed by atoms with Crippen LogP contribution < -0.4 is 5.32 Å². The molecule has 0 saturated carbocycles. The number of nitrogens with one attached hydrogen (secondary N) is 1. The summed E-state index contributed by atoms with van der Waals surface area (Å²) in [5.41, 5.74) is 0. The summed E-state index contributed by atoms with van der Waals surface area (Å²) in [6, 6.07) is -0.888. The van der Waals surface area contributed by atoms with E-state index >= 15 is 0 Å². The minimum atomic E-state index is -1.97. The molecule has 17 unspecified atom stereocenters. The van der Waals surface area contributed by atoms with E-state index in [2.05, 4.69) is 31.3 Å². The Morgan fingerprint density at radius 2 is 0.778 bits per heavy atom. The molecule has 19 heteroatoms. The highest BCUT2D eigenvalue weighted by Gasteiger charge is 2.53. The van der Waals surface area contributed by atoms with E-state index in [0.29, 0.717) is 12.8 Å². The normalized spacial score (nSPS) is 29.8. The Bertz CT molecular complexity index is 1530. The highest BCUT2D eigenvalue weighted by Crippen LogP contribution is 2.33. The molecule has 1 amide bonds. The molecule has 0 aromatic rings. The van der Waals surface area contributed by atoms with Crippen molar-refractivity contribution in [1.82, 2.24) is 5.32 Å². The average Bonchev–Trinajstić information content (AvgIpc) is 3.46. The summed E-state index contributed by atoms with van der Waals surface area (Å²) < 4.78 is 34.3. The third kappa shape index (κ3) is 29.2. The van der Waals surface area contributed by atoms with Crippen LogP contribution in [0.25, 0.3) is 0 Å². The van der Waals surface area contributed by atoms with E-state index in [4.69, 9.17) is 28.4 Å². The first-order valence-corrected chi connectivity index (χ1v) is 32.4. The zero-order chi connectivity index (χ0) is 59.0. The van der Waals surface area contributed by atoms with Crippen LogP contribution >= 0.6 is 0 Å². The van der Waals surface area contributed by atoms with Gasteiger partial charge in [0.25, 0.3) is 0 Å². The molecule has 3 fully saturated rings. The van der Waals surface area contributed by atoms with Crippen molar-refractivity contribution in [2.75, 3.05) is 26.4 Å². The van der Waals surface area contributed by atoms with Gasteiger partial charge in [0.15, 0.2) is 18.9 Å². The van der Waals surface area contributed by atoms with Crippen LogP contribution in [0.5, 0.6) is 0 Å². The van der Waals surface area contributed by atoms with Crippen molar-refractivity contribution < 1.29 is 89.4 Å². The van der Waals surface area contributed by atoms with Crippen LogP contribution in [0.15, 0.2) is 12.2 Å². The second kappa shape index (κ2) is 45.8. The molecule has 3 heterocycles. The predicted octanol–water partition coefficient (Wildman–Crippen LogP) is 6.94. The summed E-state index contributed by atoms with van der Waals surface area (Å²) in [4.78, 5) is 13.3. The molecule has 12 N–H and O–H groups in total. The highest BCUT2D eigenvalue weighted by molar-refractivity contribution is 5.76. The van der Waals surface area contributed by atoms with Gasteiger partial charge in [0, 0.05) is 6.42 Å². The lowest BCUT2D eigenvalue weighted by Crippen LogP contribution is -2.66. The number of unbranched alkanes of at least 4 members (excludes halogenated alkanes) is 31. The zero-order valence-corrected chi connectivity index (χ0v) is 50.0. The van der Waals surface area contributed by atoms with E-state index in [1.165, 1.54) is 148 Å². The summed E-state index contributed by atoms with van der Waals surface area (Å²) in [7, 11) is 0. The molecule has 478 valence electrons. The van der Waals surface area contributed by atoms with Crippen LogP contribution in [0, 0.1) is 0 Å². The van der Waals surface area contributed by atoms with E-state index in [-0.39, 0.29) is 18.9 Å². The molecular formula is C62H117NO18. The standard InChI is InChI=1S/C62H117NO18/c1-3-5-7-9-11-13-15-17-18-19-20-21-22-23-24-25-26-27-28-29-31-33-35-37-39-46(67)45(63-50(68)40-38-36-34-32-30-16-14-12-10-8-6-4-2)44-76-60-56(74)53(71)58(48(42-65)78-60)81-62-57(75)54(72)59(49(43-66)79-62)80-61-55(73)52(70)51(69)47(41-64)77-61/h12,14,45-49,51-62,64-67,69-75H,3-11,13,15-44H2,1-2H3,(H,63,68)/b14-12-. The van der Waals surface area contributed by atoms with Gasteiger partial charge >= 0.3 is 0 Å². The fourth-order valence-electron chi connectivity index (χ4n) is 11.3. The molecular weight excluding hydrogens is 1050 g/mol. The quantitative estimate of drug-likeness (QED) is 0.0217. The minimum absolute atomic E-state index is 0.251. The lowest BCUT2D eigenvalue weighted by molar-refractivity contribution is -0.379. The molecule has 0 radical (unpaired) electrons. The van der Waals surface area contributed by atoms with E-state index in [0.717, 1.165) is 64.2 Å². The van der Waals surface area contributed by atoms with E-state index in [1.807, 2.05) is 0 Å². The topological polar surface area (TPSA) is 307 Å². The number of carbonyl (C=O) groups is 1. The molecule has 3 aliphatic heterocycles. The molecule has 17 atom stereocenters. The minimum Gasteiger partial charge on any atom is -0.394 e. The largest absolute Gasteiger partial charge is 0.394 e. The molecule has 0 spiro atoms. The SMILES string of the molecule is CCCCC/C=C\CCCCCCCC(=O)NC(COC1OC(CO)C(OC2OC(CO)C(OC3OC(CO)C(O)C(O)C3O)C(O)C2O)C(O)C1O)C(O)CCCCCCCCCCCCCCCCCCCCCCCCCC. The van der Waals surface area contributed by atoms with E-state index < -0.39 is 124 Å². The Balaban J connectivity index is 1.43. The molecule has 81 heavy (non-hydrogen) atoms. The van der Waals surface area contributed by atoms with Crippen molar-refractivity contribution in [1.29, 1.82) is 0 Å². The summed E-state index contributed by atoms with van der Waals surface area (Å²) in [5.74, 6) is -0.251. The monoisotopic (exact) mass is 1160 g/mol. The molecule has 0 aromatic heterocycles. The Labute approximate surface area is 486 Å². The lowest BCUT2D eigenvalue weighted by Gasteiger charge is -2.48. The number of ether oxygens (including phenoxy) is 6. The van der Waals surface area contributed by atoms with Crippen LogP contribution in [0.4, 0.5) is 0 Å². The Morgan fingerprint density at radius 3 is 1.22 bits per heavy atom. The maximum absolute atomic E-state index is 13.3. The van der Waals surface area contributed by atoms with Crippen LogP contribution in [-0.4, -0.2) is 193 Å². The maximum atomic E-state index is 13.3. The van der Waals surface area contributed by atoms with Gasteiger partial charge in [-0.15, -0.1) is 0 Å². The molecule has 3 rings (SSSR count). The second-order valence-corrected chi connectivity index (χ2v) is 23.6. The number of allylic oxidation sites excluding steroid dienone is 2. The smallest absolute Gasteiger partial charge is 0.220 e. The maximum Gasteiger partial charge on any atom is 0.220 e. The molecule has 3 saturated heterocycles. The van der Waals surface area contributed by atoms with Crippen LogP contribution in [0.1, 0.15) is 245 Å². The zero-order valence-electron chi connectivity index (χ0n) is 50.0. The lowest BCUT2D eigenvalue weighted by atomic mass is 9.96. The number of carbonyl (C=O) groups excluding carboxylic acids is 1. The Kier molecular flexibility index (Phi) is 41.7. The van der Waals surface area contributed by atoms with Crippen LogP contribution in [0.3, 0.4) is 0 Å². The third-order valence-corrected chi connectivity index (χ3v) is 16.6. The number of amides is 1. The summed E-state index contributed by atoms with van der Waals surface area (Å²) in [6.45, 7) is 1.78. The predicted molar refractivity (Wildman–Crippen MR) is 310 cm³/mol. The molecule has 0 aromatic carbocycles. The van der Waals surface area contributed by atoms with E-state index in [1.54, 1.807) is 0 Å². The highest BCUT2D eigenvalue weighted by atomic mass is 16.8. The van der Waals surface area contributed by atoms with Crippen molar-refractivity contribution in [2.24, 2.45) is 0 Å². The summed E-state index contributed by atoms with van der Waals surface area (Å²) in [6.07, 6.45) is 20.2. The number of aliphatic hydroxyl groups is 11. The van der Waals surface area contributed by atoms with Crippen molar-refractivity contribution in [2.45, 2.75) is 349 Å². The third-order valence-electron chi connectivity index (χ3n) is 16.6. The molecule has 0 aliphatic carbocycles. The number of hydrogen-bond donors (Lipinski definition) is 12. The second-order valence-electron chi connectivity index (χ2n) is 23.6. The van der Waals surface area contributed by atoms with Crippen molar-refractivity contribution in [3.8, 4) is 0 Å². The van der Waals surface area contributed by atoms with Gasteiger partial charge in [-0.05, 0) is 38.5 Å². The van der Waals surface area contributed by atoms with Gasteiger partial charge in [-0.3, -0.25) is 4.79 Å². The molecule has 0 bridgehead atoms. The Hall–Kier alpha value is -1.47. The summed E-state index contributed by atoms with van der Waals surface area (Å²) in [5, 5.41) is 120. The number of hydrogen-bond acceptors (Lipinski definition) is 18. The summed E-state index contributed by atoms with van der Waals surface area (Å²) >= 11 is 0.